The number of hydrogen-bond donors (Lipinski definition) is 1. The first-order chi connectivity index (χ1) is 6.00. The van der Waals surface area contributed by atoms with E-state index in [1.807, 2.05) is 0 Å². The number of carbonyl (C=O) groups excluding carboxylic acids is 1. The van der Waals surface area contributed by atoms with Crippen LogP contribution in [-0.2, 0) is 11.2 Å². The van der Waals surface area contributed by atoms with E-state index in [-0.39, 0.29) is 23.5 Å². The molecule has 0 heterocycles. The first-order valence-electron chi connectivity index (χ1n) is 3.98. The molecule has 1 N–H and O–H groups in total. The van der Waals surface area contributed by atoms with Gasteiger partial charge in [-0.05, 0) is 37.1 Å². The van der Waals surface area contributed by atoms with Gasteiger partial charge in [-0.15, -0.1) is 0 Å². The van der Waals surface area contributed by atoms with Crippen LogP contribution in [0.15, 0.2) is 12.1 Å². The Kier molecular flexibility index (Phi) is 2.66. The van der Waals surface area contributed by atoms with Gasteiger partial charge < -0.3 is 5.11 Å². The Hall–Kier alpha value is -1.38. The van der Waals surface area contributed by atoms with Crippen LogP contribution in [0, 0.1) is 12.7 Å². The molecule has 0 saturated heterocycles. The van der Waals surface area contributed by atoms with Crippen LogP contribution in [0.3, 0.4) is 0 Å². The molecule has 13 heavy (non-hydrogen) atoms. The first-order valence-corrected chi connectivity index (χ1v) is 3.98. The molecule has 0 amide bonds. The number of aryl methyl sites for hydroxylation is 1. The minimum absolute atomic E-state index is 0.00449. The highest BCUT2D eigenvalue weighted by Gasteiger charge is 2.08. The van der Waals surface area contributed by atoms with Crippen molar-refractivity contribution in [1.29, 1.82) is 0 Å². The monoisotopic (exact) mass is 182 g/mol. The van der Waals surface area contributed by atoms with Crippen LogP contribution in [0.1, 0.15) is 18.1 Å². The fraction of sp³-hybridized carbons (Fsp3) is 0.300. The molecular weight excluding hydrogens is 171 g/mol. The summed E-state index contributed by atoms with van der Waals surface area (Å²) >= 11 is 0. The summed E-state index contributed by atoms with van der Waals surface area (Å²) in [7, 11) is 0. The molecule has 0 spiro atoms. The van der Waals surface area contributed by atoms with Crippen LogP contribution in [-0.4, -0.2) is 10.9 Å². The van der Waals surface area contributed by atoms with Gasteiger partial charge in [-0.1, -0.05) is 0 Å². The average Bonchev–Trinajstić information content (AvgIpc) is 1.98. The number of Topliss-reactive ketones (excluding diaryl/α,β-unsaturated/α-hetero) is 1. The summed E-state index contributed by atoms with van der Waals surface area (Å²) < 4.78 is 13.3. The van der Waals surface area contributed by atoms with Crippen LogP contribution < -0.4 is 0 Å². The molecule has 0 atom stereocenters. The van der Waals surface area contributed by atoms with Crippen molar-refractivity contribution in [2.45, 2.75) is 20.3 Å². The second kappa shape index (κ2) is 3.56. The van der Waals surface area contributed by atoms with Gasteiger partial charge in [0.05, 0.1) is 0 Å². The van der Waals surface area contributed by atoms with Gasteiger partial charge in [-0.25, -0.2) is 4.39 Å². The number of rotatable bonds is 2. The van der Waals surface area contributed by atoms with Gasteiger partial charge in [-0.3, -0.25) is 4.79 Å². The third-order valence-electron chi connectivity index (χ3n) is 1.75. The number of halogens is 1. The lowest BCUT2D eigenvalue weighted by molar-refractivity contribution is -0.116. The van der Waals surface area contributed by atoms with Gasteiger partial charge >= 0.3 is 0 Å². The number of phenols is 1. The smallest absolute Gasteiger partial charge is 0.134 e. The minimum atomic E-state index is -0.409. The fourth-order valence-electron chi connectivity index (χ4n) is 1.22. The predicted octanol–water partition coefficient (Wildman–Crippen LogP) is 1.97. The summed E-state index contributed by atoms with van der Waals surface area (Å²) in [4.78, 5) is 10.7. The maximum atomic E-state index is 13.3. The van der Waals surface area contributed by atoms with Gasteiger partial charge in [0, 0.05) is 6.42 Å². The highest BCUT2D eigenvalue weighted by molar-refractivity contribution is 5.78. The van der Waals surface area contributed by atoms with E-state index in [1.54, 1.807) is 6.92 Å². The zero-order chi connectivity index (χ0) is 10.0. The molecule has 0 aliphatic rings. The molecule has 70 valence electrons. The van der Waals surface area contributed by atoms with E-state index in [9.17, 15) is 9.18 Å². The number of carbonyl (C=O) groups is 1. The Labute approximate surface area is 76.0 Å². The van der Waals surface area contributed by atoms with Crippen molar-refractivity contribution in [1.82, 2.24) is 0 Å². The molecule has 0 aromatic heterocycles. The van der Waals surface area contributed by atoms with E-state index in [0.29, 0.717) is 5.56 Å². The van der Waals surface area contributed by atoms with Crippen molar-refractivity contribution in [3.05, 3.63) is 29.1 Å². The number of phenolic OH excluding ortho intramolecular Hbond substituents is 1. The molecule has 1 aromatic carbocycles. The Morgan fingerprint density at radius 2 is 2.15 bits per heavy atom. The lowest BCUT2D eigenvalue weighted by atomic mass is 10.1. The second-order valence-electron chi connectivity index (χ2n) is 3.11. The SMILES string of the molecule is CC(=O)Cc1cc(O)cc(C)c1F. The molecular formula is C10H11FO2. The second-order valence-corrected chi connectivity index (χ2v) is 3.11. The van der Waals surface area contributed by atoms with Crippen LogP contribution in [0.4, 0.5) is 4.39 Å². The number of ketones is 1. The van der Waals surface area contributed by atoms with Crippen molar-refractivity contribution in [3.8, 4) is 5.75 Å². The van der Waals surface area contributed by atoms with Gasteiger partial charge in [0.25, 0.3) is 0 Å². The molecule has 0 fully saturated rings. The predicted molar refractivity (Wildman–Crippen MR) is 47.2 cm³/mol. The summed E-state index contributed by atoms with van der Waals surface area (Å²) in [5, 5.41) is 9.15. The molecule has 1 rings (SSSR count). The summed E-state index contributed by atoms with van der Waals surface area (Å²) in [6, 6.07) is 2.61. The lowest BCUT2D eigenvalue weighted by Gasteiger charge is -2.04. The molecule has 0 bridgehead atoms. The maximum Gasteiger partial charge on any atom is 0.134 e. The maximum absolute atomic E-state index is 13.3. The van der Waals surface area contributed by atoms with Crippen molar-refractivity contribution >= 4 is 5.78 Å². The van der Waals surface area contributed by atoms with Crippen LogP contribution in [0.2, 0.25) is 0 Å². The van der Waals surface area contributed by atoms with Gasteiger partial charge in [0.1, 0.15) is 17.3 Å². The fourth-order valence-corrected chi connectivity index (χ4v) is 1.22. The van der Waals surface area contributed by atoms with Crippen LogP contribution in [0.25, 0.3) is 0 Å². The summed E-state index contributed by atoms with van der Waals surface area (Å²) in [5.74, 6) is -0.535. The largest absolute Gasteiger partial charge is 0.508 e. The lowest BCUT2D eigenvalue weighted by Crippen LogP contribution is -2.00. The van der Waals surface area contributed by atoms with E-state index < -0.39 is 5.82 Å². The van der Waals surface area contributed by atoms with Crippen LogP contribution >= 0.6 is 0 Å². The quantitative estimate of drug-likeness (QED) is 0.759. The molecule has 0 aliphatic carbocycles. The zero-order valence-electron chi connectivity index (χ0n) is 7.60. The highest BCUT2D eigenvalue weighted by atomic mass is 19.1. The Morgan fingerprint density at radius 1 is 1.54 bits per heavy atom. The first kappa shape index (κ1) is 9.71. The Morgan fingerprint density at radius 3 is 2.69 bits per heavy atom. The normalized spacial score (nSPS) is 10.1. The molecule has 2 nitrogen and oxygen atoms in total. The van der Waals surface area contributed by atoms with Crippen molar-refractivity contribution < 1.29 is 14.3 Å². The van der Waals surface area contributed by atoms with E-state index in [2.05, 4.69) is 0 Å². The molecule has 0 unspecified atom stereocenters. The number of hydrogen-bond acceptors (Lipinski definition) is 2. The molecule has 0 saturated carbocycles. The summed E-state index contributed by atoms with van der Waals surface area (Å²) in [5.41, 5.74) is 0.612. The molecule has 0 aliphatic heterocycles. The highest BCUT2D eigenvalue weighted by Crippen LogP contribution is 2.20. The Balaban J connectivity index is 3.12. The average molecular weight is 182 g/mol. The Bertz CT molecular complexity index is 345. The molecule has 3 heteroatoms. The van der Waals surface area contributed by atoms with E-state index in [0.717, 1.165) is 0 Å². The zero-order valence-corrected chi connectivity index (χ0v) is 7.60. The topological polar surface area (TPSA) is 37.3 Å². The van der Waals surface area contributed by atoms with E-state index in [1.165, 1.54) is 19.1 Å². The third-order valence-corrected chi connectivity index (χ3v) is 1.75. The number of benzene rings is 1. The van der Waals surface area contributed by atoms with E-state index in [4.69, 9.17) is 5.11 Å². The van der Waals surface area contributed by atoms with E-state index >= 15 is 0 Å². The third kappa shape index (κ3) is 2.28. The van der Waals surface area contributed by atoms with Crippen LogP contribution in [0.5, 0.6) is 5.75 Å². The van der Waals surface area contributed by atoms with Gasteiger partial charge in [0.2, 0.25) is 0 Å². The van der Waals surface area contributed by atoms with Crippen molar-refractivity contribution in [2.75, 3.05) is 0 Å². The summed E-state index contributed by atoms with van der Waals surface area (Å²) in [6.07, 6.45) is 0.0288. The van der Waals surface area contributed by atoms with Gasteiger partial charge in [-0.2, -0.15) is 0 Å². The summed E-state index contributed by atoms with van der Waals surface area (Å²) in [6.45, 7) is 2.94. The standard InChI is InChI=1S/C10H11FO2/c1-6-3-9(13)5-8(10(6)11)4-7(2)12/h3,5,13H,4H2,1-2H3. The van der Waals surface area contributed by atoms with Crippen molar-refractivity contribution in [3.63, 3.8) is 0 Å². The minimum Gasteiger partial charge on any atom is -0.508 e. The number of aromatic hydroxyl groups is 1. The van der Waals surface area contributed by atoms with Crippen molar-refractivity contribution in [2.24, 2.45) is 0 Å². The molecule has 0 radical (unpaired) electrons. The van der Waals surface area contributed by atoms with Gasteiger partial charge in [0.15, 0.2) is 0 Å². The molecule has 1 aromatic rings.